The highest BCUT2D eigenvalue weighted by Gasteiger charge is 2.31. The molecule has 0 aliphatic heterocycles. The van der Waals surface area contributed by atoms with E-state index in [9.17, 15) is 19.5 Å². The van der Waals surface area contributed by atoms with Gasteiger partial charge in [-0.15, -0.1) is 0 Å². The maximum Gasteiger partial charge on any atom is 0.331 e. The zero-order chi connectivity index (χ0) is 19.5. The molecular formula is C19H16N4O4. The lowest BCUT2D eigenvalue weighted by Gasteiger charge is -2.06. The molecule has 0 saturated heterocycles. The third-order valence-electron chi connectivity index (χ3n) is 4.80. The van der Waals surface area contributed by atoms with Crippen LogP contribution in [-0.2, 0) is 14.1 Å². The van der Waals surface area contributed by atoms with Crippen molar-refractivity contribution in [3.8, 4) is 0 Å². The van der Waals surface area contributed by atoms with Crippen LogP contribution in [0.5, 0.6) is 0 Å². The number of rotatable bonds is 2. The second kappa shape index (κ2) is 5.66. The fourth-order valence-electron chi connectivity index (χ4n) is 3.36. The largest absolute Gasteiger partial charge is 0.506 e. The molecule has 0 spiro atoms. The van der Waals surface area contributed by atoms with Crippen LogP contribution in [0.1, 0.15) is 22.8 Å². The van der Waals surface area contributed by atoms with Crippen molar-refractivity contribution in [2.24, 2.45) is 19.2 Å². The van der Waals surface area contributed by atoms with Crippen LogP contribution >= 0.6 is 0 Å². The minimum absolute atomic E-state index is 0.0969. The third-order valence-corrected chi connectivity index (χ3v) is 4.80. The second-order valence-electron chi connectivity index (χ2n) is 6.38. The normalized spacial score (nSPS) is 14.3. The van der Waals surface area contributed by atoms with Gasteiger partial charge in [-0.05, 0) is 13.0 Å². The summed E-state index contributed by atoms with van der Waals surface area (Å²) >= 11 is 0. The molecule has 0 saturated carbocycles. The summed E-state index contributed by atoms with van der Waals surface area (Å²) < 4.78 is 3.67. The van der Waals surface area contributed by atoms with Crippen LogP contribution in [0, 0.1) is 0 Å². The van der Waals surface area contributed by atoms with E-state index in [4.69, 9.17) is 0 Å². The molecule has 2 heterocycles. The van der Waals surface area contributed by atoms with E-state index in [1.807, 2.05) is 0 Å². The minimum Gasteiger partial charge on any atom is -0.506 e. The average molecular weight is 364 g/mol. The van der Waals surface area contributed by atoms with Crippen LogP contribution in [0.3, 0.4) is 0 Å². The predicted molar refractivity (Wildman–Crippen MR) is 101 cm³/mol. The lowest BCUT2D eigenvalue weighted by molar-refractivity contribution is 0.104. The standard InChI is InChI=1S/C19H16N4O4/c1-10(14-16(24)11-6-4-5-7-12(11)17(14)25)20-23-9-8-13-15(23)18(26)22(3)19(27)21(13)2/h4-9,24H,1-3H3/b20-10+. The van der Waals surface area contributed by atoms with Gasteiger partial charge in [0.25, 0.3) is 5.56 Å². The number of aliphatic hydroxyl groups excluding tert-OH is 1. The topological polar surface area (TPSA) is 98.6 Å². The lowest BCUT2D eigenvalue weighted by Crippen LogP contribution is -2.37. The van der Waals surface area contributed by atoms with Crippen molar-refractivity contribution in [3.63, 3.8) is 0 Å². The monoisotopic (exact) mass is 364 g/mol. The number of Topliss-reactive ketones (excluding diaryl/α,β-unsaturated/α-hetero) is 1. The average Bonchev–Trinajstić information content (AvgIpc) is 3.18. The summed E-state index contributed by atoms with van der Waals surface area (Å²) in [5, 5.41) is 14.8. The smallest absolute Gasteiger partial charge is 0.331 e. The number of benzene rings is 1. The highest BCUT2D eigenvalue weighted by Crippen LogP contribution is 2.31. The van der Waals surface area contributed by atoms with Crippen molar-refractivity contribution in [3.05, 3.63) is 74.1 Å². The van der Waals surface area contributed by atoms with Crippen LogP contribution in [-0.4, -0.2) is 30.4 Å². The number of nitrogens with zero attached hydrogens (tertiary/aromatic N) is 4. The molecule has 1 aliphatic carbocycles. The number of aliphatic hydroxyl groups is 1. The molecular weight excluding hydrogens is 348 g/mol. The highest BCUT2D eigenvalue weighted by molar-refractivity contribution is 6.35. The van der Waals surface area contributed by atoms with Crippen molar-refractivity contribution in [1.82, 2.24) is 13.8 Å². The fraction of sp³-hybridized carbons (Fsp3) is 0.158. The van der Waals surface area contributed by atoms with Gasteiger partial charge in [0.1, 0.15) is 5.76 Å². The fourth-order valence-corrected chi connectivity index (χ4v) is 3.36. The SMILES string of the molecule is C/C(=N\n1ccc2c1c(=O)n(C)c(=O)n2C)C1=C(O)c2ccccc2C1=O. The van der Waals surface area contributed by atoms with Crippen molar-refractivity contribution in [2.45, 2.75) is 6.92 Å². The zero-order valence-electron chi connectivity index (χ0n) is 14.9. The number of fused-ring (bicyclic) bond motifs is 2. The molecule has 0 bridgehead atoms. The van der Waals surface area contributed by atoms with Gasteiger partial charge in [0.2, 0.25) is 0 Å². The van der Waals surface area contributed by atoms with Gasteiger partial charge < -0.3 is 5.11 Å². The molecule has 1 aromatic carbocycles. The molecule has 1 N–H and O–H groups in total. The third kappa shape index (κ3) is 2.23. The van der Waals surface area contributed by atoms with Crippen LogP contribution in [0.2, 0.25) is 0 Å². The number of ketones is 1. The number of carbonyl (C=O) groups is 1. The summed E-state index contributed by atoms with van der Waals surface area (Å²) in [6.07, 6.45) is 1.54. The maximum atomic E-state index is 12.6. The van der Waals surface area contributed by atoms with Gasteiger partial charge in [0.05, 0.1) is 16.8 Å². The molecule has 0 unspecified atom stereocenters. The van der Waals surface area contributed by atoms with Crippen LogP contribution in [0.25, 0.3) is 16.8 Å². The van der Waals surface area contributed by atoms with Crippen molar-refractivity contribution < 1.29 is 9.90 Å². The molecule has 8 heteroatoms. The highest BCUT2D eigenvalue weighted by atomic mass is 16.3. The zero-order valence-corrected chi connectivity index (χ0v) is 14.9. The molecule has 136 valence electrons. The number of hydrogen-bond acceptors (Lipinski definition) is 5. The molecule has 0 radical (unpaired) electrons. The van der Waals surface area contributed by atoms with Crippen LogP contribution in [0.15, 0.2) is 56.8 Å². The van der Waals surface area contributed by atoms with E-state index >= 15 is 0 Å². The molecule has 1 aliphatic rings. The van der Waals surface area contributed by atoms with Crippen LogP contribution in [0.4, 0.5) is 0 Å². The number of aromatic nitrogens is 3. The van der Waals surface area contributed by atoms with E-state index in [-0.39, 0.29) is 28.3 Å². The minimum atomic E-state index is -0.492. The van der Waals surface area contributed by atoms with Gasteiger partial charge in [0, 0.05) is 31.4 Å². The Morgan fingerprint density at radius 2 is 1.67 bits per heavy atom. The number of aryl methyl sites for hydroxylation is 1. The molecule has 8 nitrogen and oxygen atoms in total. The molecule has 27 heavy (non-hydrogen) atoms. The quantitative estimate of drug-likeness (QED) is 0.696. The number of allylic oxidation sites excluding steroid dienone is 1. The van der Waals surface area contributed by atoms with E-state index in [0.29, 0.717) is 16.6 Å². The van der Waals surface area contributed by atoms with Gasteiger partial charge in [-0.1, -0.05) is 24.3 Å². The van der Waals surface area contributed by atoms with Crippen molar-refractivity contribution >= 4 is 28.3 Å². The molecule has 0 atom stereocenters. The molecule has 0 amide bonds. The molecule has 0 fully saturated rings. The van der Waals surface area contributed by atoms with Gasteiger partial charge >= 0.3 is 5.69 Å². The van der Waals surface area contributed by atoms with E-state index in [1.165, 1.54) is 16.3 Å². The summed E-state index contributed by atoms with van der Waals surface area (Å²) in [7, 11) is 2.96. The second-order valence-corrected chi connectivity index (χ2v) is 6.38. The number of hydrogen-bond donors (Lipinski definition) is 1. The Labute approximate surface area is 152 Å². The Balaban J connectivity index is 1.92. The maximum absolute atomic E-state index is 12.6. The van der Waals surface area contributed by atoms with Gasteiger partial charge in [-0.25, -0.2) is 9.47 Å². The van der Waals surface area contributed by atoms with E-state index < -0.39 is 11.2 Å². The summed E-state index contributed by atoms with van der Waals surface area (Å²) in [6.45, 7) is 1.59. The Morgan fingerprint density at radius 3 is 2.33 bits per heavy atom. The van der Waals surface area contributed by atoms with E-state index in [2.05, 4.69) is 5.10 Å². The Bertz CT molecular complexity index is 1320. The van der Waals surface area contributed by atoms with Crippen molar-refractivity contribution in [1.29, 1.82) is 0 Å². The summed E-state index contributed by atoms with van der Waals surface area (Å²) in [6, 6.07) is 8.38. The molecule has 4 rings (SSSR count). The lowest BCUT2D eigenvalue weighted by atomic mass is 10.1. The number of carbonyl (C=O) groups excluding carboxylic acids is 1. The summed E-state index contributed by atoms with van der Waals surface area (Å²) in [4.78, 5) is 37.2. The first kappa shape index (κ1) is 16.8. The van der Waals surface area contributed by atoms with E-state index in [0.717, 1.165) is 4.57 Å². The first-order chi connectivity index (χ1) is 12.8. The predicted octanol–water partition coefficient (Wildman–Crippen LogP) is 1.43. The first-order valence-electron chi connectivity index (χ1n) is 8.23. The Morgan fingerprint density at radius 1 is 1.00 bits per heavy atom. The van der Waals surface area contributed by atoms with Gasteiger partial charge in [0.15, 0.2) is 11.3 Å². The van der Waals surface area contributed by atoms with Gasteiger partial charge in [-0.3, -0.25) is 18.7 Å². The Kier molecular flexibility index (Phi) is 3.52. The summed E-state index contributed by atoms with van der Waals surface area (Å²) in [5.41, 5.74) is 0.947. The Hall–Kier alpha value is -3.68. The van der Waals surface area contributed by atoms with Gasteiger partial charge in [-0.2, -0.15) is 5.10 Å². The summed E-state index contributed by atoms with van der Waals surface area (Å²) in [5.74, 6) is -0.449. The first-order valence-corrected chi connectivity index (χ1v) is 8.23. The van der Waals surface area contributed by atoms with Crippen molar-refractivity contribution in [2.75, 3.05) is 0 Å². The van der Waals surface area contributed by atoms with Crippen LogP contribution < -0.4 is 11.2 Å². The molecule has 2 aromatic heterocycles. The van der Waals surface area contributed by atoms with E-state index in [1.54, 1.807) is 50.5 Å². The molecule has 3 aromatic rings.